The molecule has 6 atom stereocenters. The minimum atomic E-state index is -0.284. The van der Waals surface area contributed by atoms with Crippen LogP contribution in [0.2, 0.25) is 0 Å². The predicted molar refractivity (Wildman–Crippen MR) is 212 cm³/mol. The van der Waals surface area contributed by atoms with Crippen molar-refractivity contribution in [3.63, 3.8) is 0 Å². The lowest BCUT2D eigenvalue weighted by Crippen LogP contribution is -2.37. The van der Waals surface area contributed by atoms with E-state index in [2.05, 4.69) is 79.9 Å². The molecular weight excluding hydrogens is 641 g/mol. The van der Waals surface area contributed by atoms with Crippen LogP contribution in [0.5, 0.6) is 11.5 Å². The lowest BCUT2D eigenvalue weighted by molar-refractivity contribution is 0.232. The number of allylic oxidation sites excluding steroid dienone is 13. The van der Waals surface area contributed by atoms with E-state index in [1.165, 1.54) is 41.6 Å². The summed E-state index contributed by atoms with van der Waals surface area (Å²) in [4.78, 5) is 5.30. The van der Waals surface area contributed by atoms with Crippen LogP contribution in [0.25, 0.3) is 0 Å². The first-order chi connectivity index (χ1) is 25.6. The third-order valence-corrected chi connectivity index (χ3v) is 12.6. The van der Waals surface area contributed by atoms with E-state index in [1.807, 2.05) is 12.1 Å². The second-order valence-electron chi connectivity index (χ2n) is 15.7. The second kappa shape index (κ2) is 15.4. The molecule has 1 aromatic rings. The average Bonchev–Trinajstić information content (AvgIpc) is 3.20. The monoisotopic (exact) mass is 696 g/mol. The summed E-state index contributed by atoms with van der Waals surface area (Å²) >= 11 is 0. The van der Waals surface area contributed by atoms with E-state index in [0.717, 1.165) is 86.4 Å². The normalized spacial score (nSPS) is 28.2. The maximum atomic E-state index is 11.5. The van der Waals surface area contributed by atoms with Gasteiger partial charge in [-0.05, 0) is 110 Å². The molecule has 8 rings (SSSR count). The number of benzene rings is 1. The number of rotatable bonds is 12. The Balaban J connectivity index is 1.12. The first-order valence-electron chi connectivity index (χ1n) is 20.2. The van der Waals surface area contributed by atoms with E-state index < -0.39 is 0 Å². The highest BCUT2D eigenvalue weighted by atomic mass is 16.5. The van der Waals surface area contributed by atoms with Crippen molar-refractivity contribution in [3.05, 3.63) is 129 Å². The Hall–Kier alpha value is -4.25. The zero-order valence-electron chi connectivity index (χ0n) is 31.4. The van der Waals surface area contributed by atoms with Gasteiger partial charge in [0.1, 0.15) is 29.1 Å². The third kappa shape index (κ3) is 6.72. The summed E-state index contributed by atoms with van der Waals surface area (Å²) in [5.41, 5.74) is 10.8. The molecule has 2 N–H and O–H groups in total. The van der Waals surface area contributed by atoms with Crippen molar-refractivity contribution in [1.82, 2.24) is 5.32 Å². The summed E-state index contributed by atoms with van der Waals surface area (Å²) in [6.07, 6.45) is 36.9. The quantitative estimate of drug-likeness (QED) is 0.214. The van der Waals surface area contributed by atoms with Gasteiger partial charge in [0, 0.05) is 41.0 Å². The number of unbranched alkanes of at least 4 members (excludes halogenated alkanes) is 1. The molecule has 0 spiro atoms. The lowest BCUT2D eigenvalue weighted by atomic mass is 9.58. The zero-order valence-corrected chi connectivity index (χ0v) is 31.4. The summed E-state index contributed by atoms with van der Waals surface area (Å²) in [5.74, 6) is 4.97. The van der Waals surface area contributed by atoms with Crippen LogP contribution in [0.15, 0.2) is 129 Å². The Labute approximate surface area is 311 Å². The number of ether oxygens (including phenoxy) is 2. The van der Waals surface area contributed by atoms with Crippen LogP contribution < -0.4 is 10.1 Å². The van der Waals surface area contributed by atoms with Gasteiger partial charge < -0.3 is 19.9 Å². The van der Waals surface area contributed by atoms with E-state index >= 15 is 0 Å². The molecule has 6 unspecified atom stereocenters. The average molecular weight is 697 g/mol. The Bertz CT molecular complexity index is 1880. The Morgan fingerprint density at radius 2 is 1.92 bits per heavy atom. The maximum Gasteiger partial charge on any atom is 0.124 e. The number of hydrogen-bond acceptors (Lipinski definition) is 5. The second-order valence-corrected chi connectivity index (χ2v) is 15.7. The summed E-state index contributed by atoms with van der Waals surface area (Å²) in [6, 6.07) is 5.56. The van der Waals surface area contributed by atoms with Crippen molar-refractivity contribution in [1.29, 1.82) is 0 Å². The number of amidine groups is 1. The number of aromatic hydroxyl groups is 1. The minimum absolute atomic E-state index is 0.245. The number of nitrogens with zero attached hydrogens (tertiary/aromatic N) is 1. The number of hydrogen-bond donors (Lipinski definition) is 2. The topological polar surface area (TPSA) is 63.1 Å². The number of nitrogens with one attached hydrogen (secondary N) is 1. The van der Waals surface area contributed by atoms with Gasteiger partial charge in [-0.2, -0.15) is 0 Å². The molecule has 0 saturated heterocycles. The van der Waals surface area contributed by atoms with Crippen LogP contribution in [0, 0.1) is 29.6 Å². The predicted octanol–water partition coefficient (Wildman–Crippen LogP) is 11.2. The highest BCUT2D eigenvalue weighted by Crippen LogP contribution is 2.56. The summed E-state index contributed by atoms with van der Waals surface area (Å²) < 4.78 is 12.1. The first-order valence-corrected chi connectivity index (χ1v) is 20.2. The fourth-order valence-electron chi connectivity index (χ4n) is 9.72. The van der Waals surface area contributed by atoms with E-state index in [1.54, 1.807) is 24.3 Å². The maximum absolute atomic E-state index is 11.5. The molecule has 0 radical (unpaired) electrons. The van der Waals surface area contributed by atoms with Crippen LogP contribution >= 0.6 is 0 Å². The van der Waals surface area contributed by atoms with Crippen LogP contribution in [0.3, 0.4) is 0 Å². The van der Waals surface area contributed by atoms with Gasteiger partial charge in [-0.15, -0.1) is 0 Å². The molecule has 0 fully saturated rings. The van der Waals surface area contributed by atoms with E-state index in [0.29, 0.717) is 30.3 Å². The van der Waals surface area contributed by atoms with Gasteiger partial charge in [-0.25, -0.2) is 0 Å². The highest BCUT2D eigenvalue weighted by Gasteiger charge is 2.44. The van der Waals surface area contributed by atoms with Crippen LogP contribution in [0.1, 0.15) is 103 Å². The van der Waals surface area contributed by atoms with E-state index in [4.69, 9.17) is 14.5 Å². The Morgan fingerprint density at radius 1 is 1.00 bits per heavy atom. The fourth-order valence-corrected chi connectivity index (χ4v) is 9.72. The molecule has 0 saturated carbocycles. The van der Waals surface area contributed by atoms with Crippen LogP contribution in [-0.2, 0) is 4.74 Å². The summed E-state index contributed by atoms with van der Waals surface area (Å²) in [5, 5.41) is 15.4. The molecule has 5 heteroatoms. The van der Waals surface area contributed by atoms with Gasteiger partial charge in [0.25, 0.3) is 0 Å². The SMILES string of the molecule is CCCCC(CC)COc1ccc(C2C=C(C3=CCC4C=CC5C(C6=C(OC)C=CCC6)=CC=C6CCC3=C4C65)NC(C3C=CCCC3)=N2)c(O)c1. The van der Waals surface area contributed by atoms with Gasteiger partial charge in [0.2, 0.25) is 0 Å². The van der Waals surface area contributed by atoms with Gasteiger partial charge in [0.15, 0.2) is 0 Å². The smallest absolute Gasteiger partial charge is 0.124 e. The molecule has 1 aliphatic heterocycles. The van der Waals surface area contributed by atoms with Crippen LogP contribution in [-0.4, -0.2) is 24.7 Å². The number of methoxy groups -OCH3 is 1. The standard InChI is InChI=1S/C47H56N2O3/c1-4-6-12-30(5-2)29-52-34-21-26-40(43(50)27-34)42-28-41(48-47(49-42)33-13-8-7-9-14-33)36-23-18-32-19-24-38-35(37-15-10-11-16-44(37)51-3)22-17-31-20-25-39(36)46(32)45(31)38/h8,11,13,16-17,19,21-24,26-28,30,32-33,38,42,45,50H,4-7,9-10,12,14-15,18,20,25,29H2,1-3H3,(H,48,49). The number of phenols is 1. The van der Waals surface area contributed by atoms with Gasteiger partial charge >= 0.3 is 0 Å². The third-order valence-electron chi connectivity index (χ3n) is 12.6. The molecule has 1 aromatic carbocycles. The lowest BCUT2D eigenvalue weighted by Gasteiger charge is -2.46. The first kappa shape index (κ1) is 34.8. The molecule has 272 valence electrons. The summed E-state index contributed by atoms with van der Waals surface area (Å²) in [7, 11) is 1.81. The minimum Gasteiger partial charge on any atom is -0.507 e. The summed E-state index contributed by atoms with van der Waals surface area (Å²) in [6.45, 7) is 5.16. The molecule has 0 bridgehead atoms. The van der Waals surface area contributed by atoms with Crippen molar-refractivity contribution in [2.24, 2.45) is 34.6 Å². The van der Waals surface area contributed by atoms with Crippen molar-refractivity contribution in [2.75, 3.05) is 13.7 Å². The molecule has 5 nitrogen and oxygen atoms in total. The Morgan fingerprint density at radius 3 is 2.73 bits per heavy atom. The van der Waals surface area contributed by atoms with Gasteiger partial charge in [-0.3, -0.25) is 4.99 Å². The molecule has 0 aromatic heterocycles. The molecule has 52 heavy (non-hydrogen) atoms. The molecule has 7 aliphatic rings. The van der Waals surface area contributed by atoms with Gasteiger partial charge in [0.05, 0.1) is 13.7 Å². The zero-order chi connectivity index (χ0) is 35.6. The van der Waals surface area contributed by atoms with E-state index in [9.17, 15) is 5.11 Å². The van der Waals surface area contributed by atoms with E-state index in [-0.39, 0.29) is 17.7 Å². The molecular formula is C47H56N2O3. The fraction of sp³-hybridized carbons (Fsp3) is 0.468. The van der Waals surface area contributed by atoms with Crippen molar-refractivity contribution in [2.45, 2.75) is 96.9 Å². The van der Waals surface area contributed by atoms with Crippen molar-refractivity contribution < 1.29 is 14.6 Å². The number of phenolic OH excluding ortho intramolecular Hbond substituents is 1. The molecule has 6 aliphatic carbocycles. The van der Waals surface area contributed by atoms with Crippen molar-refractivity contribution in [3.8, 4) is 11.5 Å². The molecule has 1 heterocycles. The Kier molecular flexibility index (Phi) is 10.3. The van der Waals surface area contributed by atoms with Crippen LogP contribution in [0.4, 0.5) is 0 Å². The highest BCUT2D eigenvalue weighted by molar-refractivity contribution is 5.90. The largest absolute Gasteiger partial charge is 0.507 e. The van der Waals surface area contributed by atoms with Gasteiger partial charge in [-0.1, -0.05) is 92.9 Å². The number of aliphatic imine (C=N–C) groups is 1. The van der Waals surface area contributed by atoms with Crippen molar-refractivity contribution >= 4 is 5.84 Å². The molecule has 0 amide bonds.